The predicted molar refractivity (Wildman–Crippen MR) is 113 cm³/mol. The predicted octanol–water partition coefficient (Wildman–Crippen LogP) is 4.96. The van der Waals surface area contributed by atoms with Gasteiger partial charge < -0.3 is 14.5 Å². The second-order valence-corrected chi connectivity index (χ2v) is 8.27. The summed E-state index contributed by atoms with van der Waals surface area (Å²) in [5.41, 5.74) is 2.64. The molecule has 4 aromatic rings. The van der Waals surface area contributed by atoms with E-state index in [1.807, 2.05) is 31.4 Å². The first kappa shape index (κ1) is 20.3. The number of aryl methyl sites for hydroxylation is 1. The number of carbonyl (C=O) groups excluding carboxylic acids is 1. The molecule has 6 nitrogen and oxygen atoms in total. The van der Waals surface area contributed by atoms with Gasteiger partial charge in [-0.25, -0.2) is 9.37 Å². The number of ether oxygens (including phenoxy) is 1. The first-order valence-corrected chi connectivity index (χ1v) is 10.4. The summed E-state index contributed by atoms with van der Waals surface area (Å²) in [6.45, 7) is 6.58. The molecule has 30 heavy (non-hydrogen) atoms. The zero-order chi connectivity index (χ0) is 21.3. The summed E-state index contributed by atoms with van der Waals surface area (Å²) < 4.78 is 26.2. The summed E-state index contributed by atoms with van der Waals surface area (Å²) >= 11 is 1.51. The van der Waals surface area contributed by atoms with Gasteiger partial charge in [0.05, 0.1) is 18.3 Å². The number of furan rings is 1. The summed E-state index contributed by atoms with van der Waals surface area (Å²) in [5.74, 6) is 0.330. The molecule has 0 spiro atoms. The Morgan fingerprint density at radius 3 is 2.73 bits per heavy atom. The molecule has 4 rings (SSSR count). The molecule has 1 amide bonds. The first-order valence-electron chi connectivity index (χ1n) is 9.62. The van der Waals surface area contributed by atoms with Gasteiger partial charge in [-0.1, -0.05) is 11.3 Å². The zero-order valence-corrected chi connectivity index (χ0v) is 17.8. The van der Waals surface area contributed by atoms with Crippen molar-refractivity contribution >= 4 is 22.2 Å². The van der Waals surface area contributed by atoms with Crippen LogP contribution in [0.3, 0.4) is 0 Å². The van der Waals surface area contributed by atoms with E-state index in [-0.39, 0.29) is 23.6 Å². The molecule has 0 fully saturated rings. The first-order chi connectivity index (χ1) is 14.4. The fraction of sp³-hybridized carbons (Fsp3) is 0.273. The number of thiazole rings is 1. The molecule has 0 unspecified atom stereocenters. The largest absolute Gasteiger partial charge is 0.453 e. The second kappa shape index (κ2) is 8.41. The second-order valence-electron chi connectivity index (χ2n) is 7.20. The number of hydrogen-bond donors (Lipinski definition) is 1. The topological polar surface area (TPSA) is 68.8 Å². The third kappa shape index (κ3) is 4.29. The van der Waals surface area contributed by atoms with Crippen LogP contribution in [0.5, 0.6) is 0 Å². The molecule has 8 heteroatoms. The molecule has 0 aliphatic carbocycles. The van der Waals surface area contributed by atoms with E-state index in [4.69, 9.17) is 9.15 Å². The highest BCUT2D eigenvalue weighted by Crippen LogP contribution is 2.27. The molecule has 0 aliphatic rings. The number of hydrogen-bond acceptors (Lipinski definition) is 5. The van der Waals surface area contributed by atoms with E-state index in [0.29, 0.717) is 18.9 Å². The van der Waals surface area contributed by atoms with E-state index in [9.17, 15) is 9.18 Å². The van der Waals surface area contributed by atoms with Crippen LogP contribution in [0.1, 0.15) is 40.7 Å². The van der Waals surface area contributed by atoms with Gasteiger partial charge in [-0.3, -0.25) is 9.20 Å². The molecule has 0 bridgehead atoms. The lowest BCUT2D eigenvalue weighted by Gasteiger charge is -2.05. The van der Waals surface area contributed by atoms with Gasteiger partial charge in [0.2, 0.25) is 0 Å². The molecule has 0 saturated carbocycles. The number of benzene rings is 1. The van der Waals surface area contributed by atoms with Crippen LogP contribution in [0, 0.1) is 12.7 Å². The van der Waals surface area contributed by atoms with E-state index >= 15 is 0 Å². The van der Waals surface area contributed by atoms with Gasteiger partial charge in [0.1, 0.15) is 18.2 Å². The molecule has 156 valence electrons. The Balaban J connectivity index is 1.43. The van der Waals surface area contributed by atoms with Gasteiger partial charge >= 0.3 is 0 Å². The fourth-order valence-corrected chi connectivity index (χ4v) is 4.03. The highest BCUT2D eigenvalue weighted by molar-refractivity contribution is 7.17. The highest BCUT2D eigenvalue weighted by atomic mass is 32.1. The summed E-state index contributed by atoms with van der Waals surface area (Å²) in [5, 5.41) is 2.89. The van der Waals surface area contributed by atoms with E-state index < -0.39 is 0 Å². The Morgan fingerprint density at radius 1 is 1.27 bits per heavy atom. The van der Waals surface area contributed by atoms with Gasteiger partial charge in [-0.15, -0.1) is 0 Å². The molecule has 0 atom stereocenters. The van der Waals surface area contributed by atoms with Crippen LogP contribution in [-0.4, -0.2) is 21.4 Å². The molecular weight excluding hydrogens is 405 g/mol. The van der Waals surface area contributed by atoms with Crippen LogP contribution >= 0.6 is 11.3 Å². The Hall–Kier alpha value is -2.97. The fourth-order valence-electron chi connectivity index (χ4n) is 2.99. The summed E-state index contributed by atoms with van der Waals surface area (Å²) in [4.78, 5) is 18.9. The molecule has 0 radical (unpaired) electrons. The third-order valence-corrected chi connectivity index (χ3v) is 5.80. The number of fused-ring (bicyclic) bond motifs is 1. The molecule has 3 aromatic heterocycles. The van der Waals surface area contributed by atoms with Crippen LogP contribution in [0.15, 0.2) is 47.0 Å². The Bertz CT molecular complexity index is 1170. The van der Waals surface area contributed by atoms with Crippen molar-refractivity contribution in [2.24, 2.45) is 0 Å². The number of halogens is 1. The minimum atomic E-state index is -0.275. The van der Waals surface area contributed by atoms with Crippen molar-refractivity contribution in [1.29, 1.82) is 0 Å². The minimum Gasteiger partial charge on any atom is -0.453 e. The van der Waals surface area contributed by atoms with Crippen molar-refractivity contribution in [1.82, 2.24) is 14.7 Å². The summed E-state index contributed by atoms with van der Waals surface area (Å²) in [6.07, 6.45) is 2.02. The van der Waals surface area contributed by atoms with Crippen molar-refractivity contribution in [2.75, 3.05) is 0 Å². The molecule has 3 heterocycles. The SMILES string of the molecule is Cc1c(CNC(=O)c2ccc(COC(C)C)o2)sc2nc(-c3ccc(F)cc3)cn12. The van der Waals surface area contributed by atoms with Crippen LogP contribution in [0.2, 0.25) is 0 Å². The number of nitrogens with zero attached hydrogens (tertiary/aromatic N) is 2. The van der Waals surface area contributed by atoms with Crippen LogP contribution < -0.4 is 5.32 Å². The zero-order valence-electron chi connectivity index (χ0n) is 16.9. The van der Waals surface area contributed by atoms with Gasteiger partial charge in [0.25, 0.3) is 5.91 Å². The van der Waals surface area contributed by atoms with Crippen molar-refractivity contribution in [2.45, 2.75) is 40.0 Å². The number of nitrogens with one attached hydrogen (secondary N) is 1. The number of carbonyl (C=O) groups is 1. The van der Waals surface area contributed by atoms with Crippen molar-refractivity contribution < 1.29 is 18.3 Å². The Morgan fingerprint density at radius 2 is 2.03 bits per heavy atom. The molecular formula is C22H22FN3O3S. The lowest BCUT2D eigenvalue weighted by molar-refractivity contribution is 0.0535. The maximum absolute atomic E-state index is 13.1. The van der Waals surface area contributed by atoms with E-state index in [0.717, 1.165) is 26.8 Å². The van der Waals surface area contributed by atoms with Gasteiger partial charge in [0.15, 0.2) is 10.7 Å². The van der Waals surface area contributed by atoms with Crippen molar-refractivity contribution in [3.63, 3.8) is 0 Å². The van der Waals surface area contributed by atoms with Crippen molar-refractivity contribution in [3.05, 3.63) is 70.5 Å². The van der Waals surface area contributed by atoms with Gasteiger partial charge in [0, 0.05) is 22.3 Å². The molecule has 1 N–H and O–H groups in total. The maximum Gasteiger partial charge on any atom is 0.287 e. The van der Waals surface area contributed by atoms with Crippen molar-refractivity contribution in [3.8, 4) is 11.3 Å². The minimum absolute atomic E-state index is 0.0941. The van der Waals surface area contributed by atoms with E-state index in [1.54, 1.807) is 24.3 Å². The number of amides is 1. The maximum atomic E-state index is 13.1. The standard InChI is InChI=1S/C22H22FN3O3S/c1-13(2)28-12-17-8-9-19(29-17)21(27)24-10-20-14(3)26-11-18(25-22(26)30-20)15-4-6-16(23)7-5-15/h4-9,11,13H,10,12H2,1-3H3,(H,24,27). The quantitative estimate of drug-likeness (QED) is 0.453. The molecule has 1 aromatic carbocycles. The third-order valence-electron chi connectivity index (χ3n) is 4.65. The van der Waals surface area contributed by atoms with Gasteiger partial charge in [-0.05, 0) is 57.2 Å². The average Bonchev–Trinajstić information content (AvgIpc) is 3.42. The summed E-state index contributed by atoms with van der Waals surface area (Å²) in [6, 6.07) is 9.66. The lowest BCUT2D eigenvalue weighted by Crippen LogP contribution is -2.22. The number of imidazole rings is 1. The van der Waals surface area contributed by atoms with Crippen LogP contribution in [0.25, 0.3) is 16.2 Å². The summed E-state index contributed by atoms with van der Waals surface area (Å²) in [7, 11) is 0. The smallest absolute Gasteiger partial charge is 0.287 e. The highest BCUT2D eigenvalue weighted by Gasteiger charge is 2.16. The van der Waals surface area contributed by atoms with Crippen LogP contribution in [0.4, 0.5) is 4.39 Å². The molecule has 0 aliphatic heterocycles. The normalized spacial score (nSPS) is 11.5. The Labute approximate surface area is 177 Å². The van der Waals surface area contributed by atoms with E-state index in [1.165, 1.54) is 23.5 Å². The lowest BCUT2D eigenvalue weighted by atomic mass is 10.2. The Kier molecular flexibility index (Phi) is 5.69. The number of rotatable bonds is 7. The molecule has 0 saturated heterocycles. The van der Waals surface area contributed by atoms with E-state index in [2.05, 4.69) is 10.3 Å². The van der Waals surface area contributed by atoms with Gasteiger partial charge in [-0.2, -0.15) is 0 Å². The average molecular weight is 428 g/mol. The van der Waals surface area contributed by atoms with Crippen LogP contribution in [-0.2, 0) is 17.9 Å². The number of aromatic nitrogens is 2. The monoisotopic (exact) mass is 427 g/mol.